The molecule has 0 saturated heterocycles. The molecule has 1 aliphatic heterocycles. The molecule has 116 valence electrons. The molecule has 3 rings (SSSR count). The number of aliphatic imine (C=N–C) groups is 1. The summed E-state index contributed by atoms with van der Waals surface area (Å²) in [6.45, 7) is 0.307. The highest BCUT2D eigenvalue weighted by atomic mass is 16.5. The van der Waals surface area contributed by atoms with Crippen molar-refractivity contribution in [1.29, 1.82) is 0 Å². The molecule has 1 heterocycles. The van der Waals surface area contributed by atoms with Crippen LogP contribution in [0.25, 0.3) is 5.57 Å². The van der Waals surface area contributed by atoms with Crippen LogP contribution < -0.4 is 0 Å². The lowest BCUT2D eigenvalue weighted by atomic mass is 10.0. The highest BCUT2D eigenvalue weighted by Gasteiger charge is 2.27. The summed E-state index contributed by atoms with van der Waals surface area (Å²) in [5.74, 6) is -0.527. The number of rotatable bonds is 4. The van der Waals surface area contributed by atoms with E-state index in [1.54, 1.807) is 0 Å². The summed E-state index contributed by atoms with van der Waals surface area (Å²) in [6, 6.07) is 16.9. The van der Waals surface area contributed by atoms with Gasteiger partial charge in [0.1, 0.15) is 0 Å². The second kappa shape index (κ2) is 6.46. The first-order chi connectivity index (χ1) is 11.2. The van der Waals surface area contributed by atoms with Crippen LogP contribution in [-0.4, -0.2) is 29.1 Å². The van der Waals surface area contributed by atoms with Gasteiger partial charge in [-0.2, -0.15) is 0 Å². The van der Waals surface area contributed by atoms with Crippen molar-refractivity contribution in [1.82, 2.24) is 5.06 Å². The molecule has 0 spiro atoms. The molecule has 0 unspecified atom stereocenters. The number of carbonyl (C=O) groups is 1. The van der Waals surface area contributed by atoms with Crippen molar-refractivity contribution in [2.45, 2.75) is 6.54 Å². The van der Waals surface area contributed by atoms with Gasteiger partial charge in [-0.05, 0) is 11.6 Å². The Kier molecular flexibility index (Phi) is 4.21. The normalized spacial score (nSPS) is 14.3. The van der Waals surface area contributed by atoms with Crippen molar-refractivity contribution in [2.75, 3.05) is 7.11 Å². The summed E-state index contributed by atoms with van der Waals surface area (Å²) in [7, 11) is 1.31. The second-order valence-corrected chi connectivity index (χ2v) is 5.10. The van der Waals surface area contributed by atoms with Gasteiger partial charge in [0, 0.05) is 17.3 Å². The molecule has 0 aliphatic carbocycles. The lowest BCUT2D eigenvalue weighted by Crippen LogP contribution is -2.18. The van der Waals surface area contributed by atoms with Gasteiger partial charge in [-0.15, -0.1) is 0 Å². The van der Waals surface area contributed by atoms with E-state index in [0.717, 1.165) is 16.2 Å². The second-order valence-electron chi connectivity index (χ2n) is 5.10. The van der Waals surface area contributed by atoms with E-state index in [9.17, 15) is 10.0 Å². The van der Waals surface area contributed by atoms with Gasteiger partial charge >= 0.3 is 5.97 Å². The third kappa shape index (κ3) is 3.14. The van der Waals surface area contributed by atoms with E-state index < -0.39 is 5.97 Å². The Labute approximate surface area is 134 Å². The van der Waals surface area contributed by atoms with Crippen LogP contribution in [0, 0.1) is 0 Å². The quantitative estimate of drug-likeness (QED) is 0.696. The van der Waals surface area contributed by atoms with Crippen molar-refractivity contribution >= 4 is 22.9 Å². The third-order valence-electron chi connectivity index (χ3n) is 3.53. The number of benzene rings is 2. The van der Waals surface area contributed by atoms with Gasteiger partial charge in [-0.1, -0.05) is 48.5 Å². The first kappa shape index (κ1) is 15.0. The zero-order valence-electron chi connectivity index (χ0n) is 12.6. The average Bonchev–Trinajstić information content (AvgIpc) is 2.94. The molecule has 5 heteroatoms. The molecule has 5 nitrogen and oxygen atoms in total. The maximum atomic E-state index is 11.9. The first-order valence-corrected chi connectivity index (χ1v) is 7.17. The van der Waals surface area contributed by atoms with Gasteiger partial charge in [-0.25, -0.2) is 9.79 Å². The number of hydrogen-bond donors (Lipinski definition) is 1. The van der Waals surface area contributed by atoms with Crippen LogP contribution in [0.15, 0.2) is 65.8 Å². The summed E-state index contributed by atoms with van der Waals surface area (Å²) < 4.78 is 4.78. The molecule has 1 N–H and O–H groups in total. The highest BCUT2D eigenvalue weighted by Crippen LogP contribution is 2.35. The number of carbonyl (C=O) groups excluding carboxylic acids is 1. The van der Waals surface area contributed by atoms with E-state index in [-0.39, 0.29) is 5.71 Å². The Morgan fingerprint density at radius 1 is 1.17 bits per heavy atom. The number of esters is 1. The molecule has 0 aromatic heterocycles. The van der Waals surface area contributed by atoms with E-state index in [0.29, 0.717) is 17.8 Å². The van der Waals surface area contributed by atoms with Crippen molar-refractivity contribution in [3.63, 3.8) is 0 Å². The minimum absolute atomic E-state index is 0.195. The molecule has 0 bridgehead atoms. The molecule has 1 aliphatic rings. The molecule has 23 heavy (non-hydrogen) atoms. The largest absolute Gasteiger partial charge is 0.464 e. The standard InChI is InChI=1S/C18H16N2O3/c1-23-18(21)17-15(14-9-5-6-10-16(14)19-17)12-20(22)11-13-7-3-2-4-8-13/h2-10,12,22H,11H2,1H3. The molecule has 2 aromatic carbocycles. The maximum absolute atomic E-state index is 11.9. The van der Waals surface area contributed by atoms with Gasteiger partial charge in [0.05, 0.1) is 19.3 Å². The van der Waals surface area contributed by atoms with Crippen LogP contribution in [0.1, 0.15) is 11.1 Å². The highest BCUT2D eigenvalue weighted by molar-refractivity contribution is 6.56. The van der Waals surface area contributed by atoms with Crippen molar-refractivity contribution in [3.05, 3.63) is 71.9 Å². The molecular weight excluding hydrogens is 292 g/mol. The number of hydrogen-bond acceptors (Lipinski definition) is 5. The number of para-hydroxylation sites is 1. The molecule has 0 radical (unpaired) electrons. The number of fused-ring (bicyclic) bond motifs is 1. The minimum atomic E-state index is -0.527. The Morgan fingerprint density at radius 3 is 2.61 bits per heavy atom. The van der Waals surface area contributed by atoms with E-state index in [1.165, 1.54) is 13.3 Å². The summed E-state index contributed by atoms with van der Waals surface area (Å²) in [5, 5.41) is 11.3. The maximum Gasteiger partial charge on any atom is 0.357 e. The SMILES string of the molecule is COC(=O)C1=Nc2ccccc2C1=CN(O)Cc1ccccc1. The third-order valence-corrected chi connectivity index (χ3v) is 3.53. The fourth-order valence-corrected chi connectivity index (χ4v) is 2.46. The number of nitrogens with zero attached hydrogens (tertiary/aromatic N) is 2. The van der Waals surface area contributed by atoms with Crippen molar-refractivity contribution < 1.29 is 14.7 Å². The number of methoxy groups -OCH3 is 1. The zero-order valence-corrected chi connectivity index (χ0v) is 12.6. The Bertz CT molecular complexity index is 782. The minimum Gasteiger partial charge on any atom is -0.464 e. The molecule has 0 fully saturated rings. The Morgan fingerprint density at radius 2 is 1.87 bits per heavy atom. The summed E-state index contributed by atoms with van der Waals surface area (Å²) in [4.78, 5) is 16.2. The Balaban J connectivity index is 1.92. The molecule has 0 atom stereocenters. The zero-order chi connectivity index (χ0) is 16.2. The summed E-state index contributed by atoms with van der Waals surface area (Å²) >= 11 is 0. The van der Waals surface area contributed by atoms with E-state index in [2.05, 4.69) is 4.99 Å². The van der Waals surface area contributed by atoms with Gasteiger partial charge in [0.2, 0.25) is 0 Å². The molecule has 0 amide bonds. The van der Waals surface area contributed by atoms with Crippen LogP contribution in [-0.2, 0) is 16.1 Å². The predicted molar refractivity (Wildman–Crippen MR) is 87.3 cm³/mol. The molecule has 2 aromatic rings. The van der Waals surface area contributed by atoms with Crippen LogP contribution in [0.4, 0.5) is 5.69 Å². The molecular formula is C18H16N2O3. The predicted octanol–water partition coefficient (Wildman–Crippen LogP) is 3.18. The van der Waals surface area contributed by atoms with Gasteiger partial charge < -0.3 is 4.74 Å². The summed E-state index contributed by atoms with van der Waals surface area (Å²) in [6.07, 6.45) is 1.51. The van der Waals surface area contributed by atoms with Gasteiger partial charge in [0.15, 0.2) is 5.71 Å². The van der Waals surface area contributed by atoms with Gasteiger partial charge in [0.25, 0.3) is 0 Å². The van der Waals surface area contributed by atoms with E-state index in [1.807, 2.05) is 54.6 Å². The van der Waals surface area contributed by atoms with Crippen LogP contribution in [0.2, 0.25) is 0 Å². The van der Waals surface area contributed by atoms with E-state index in [4.69, 9.17) is 4.74 Å². The monoisotopic (exact) mass is 308 g/mol. The van der Waals surface area contributed by atoms with Crippen molar-refractivity contribution in [3.8, 4) is 0 Å². The smallest absolute Gasteiger partial charge is 0.357 e. The number of ether oxygens (including phenoxy) is 1. The fraction of sp³-hybridized carbons (Fsp3) is 0.111. The van der Waals surface area contributed by atoms with Crippen LogP contribution >= 0.6 is 0 Å². The topological polar surface area (TPSA) is 62.1 Å². The van der Waals surface area contributed by atoms with Crippen LogP contribution in [0.3, 0.4) is 0 Å². The Hall–Kier alpha value is -2.92. The van der Waals surface area contributed by atoms with Crippen molar-refractivity contribution in [2.24, 2.45) is 4.99 Å². The van der Waals surface area contributed by atoms with Gasteiger partial charge in [-0.3, -0.25) is 10.3 Å². The molecule has 0 saturated carbocycles. The number of hydroxylamine groups is 2. The fourth-order valence-electron chi connectivity index (χ4n) is 2.46. The van der Waals surface area contributed by atoms with Crippen LogP contribution in [0.5, 0.6) is 0 Å². The van der Waals surface area contributed by atoms with E-state index >= 15 is 0 Å². The summed E-state index contributed by atoms with van der Waals surface area (Å²) in [5.41, 5.74) is 3.17. The average molecular weight is 308 g/mol. The first-order valence-electron chi connectivity index (χ1n) is 7.17. The lowest BCUT2D eigenvalue weighted by molar-refractivity contribution is -0.132. The lowest BCUT2D eigenvalue weighted by Gasteiger charge is -2.14.